The molecule has 154 valence electrons. The average molecular weight is 468 g/mol. The van der Waals surface area contributed by atoms with Crippen molar-refractivity contribution in [2.75, 3.05) is 13.6 Å². The SMILES string of the molecule is CNC(=O)c1cc(Oc2cccc(CCNC(=O)c3ccc(C)c(Br)c3)c2)ccn1. The van der Waals surface area contributed by atoms with Gasteiger partial charge in [-0.2, -0.15) is 0 Å². The van der Waals surface area contributed by atoms with Crippen LogP contribution < -0.4 is 15.4 Å². The number of halogens is 1. The van der Waals surface area contributed by atoms with Crippen LogP contribution in [0.5, 0.6) is 11.5 Å². The molecule has 0 aliphatic heterocycles. The van der Waals surface area contributed by atoms with Gasteiger partial charge in [0, 0.05) is 35.9 Å². The highest BCUT2D eigenvalue weighted by molar-refractivity contribution is 9.10. The minimum absolute atomic E-state index is 0.110. The number of nitrogens with zero attached hydrogens (tertiary/aromatic N) is 1. The smallest absolute Gasteiger partial charge is 0.269 e. The third-order valence-corrected chi connectivity index (χ3v) is 5.31. The summed E-state index contributed by atoms with van der Waals surface area (Å²) in [5, 5.41) is 5.47. The van der Waals surface area contributed by atoms with Gasteiger partial charge in [0.05, 0.1) is 0 Å². The van der Waals surface area contributed by atoms with Crippen LogP contribution in [-0.2, 0) is 6.42 Å². The van der Waals surface area contributed by atoms with Gasteiger partial charge in [-0.15, -0.1) is 0 Å². The van der Waals surface area contributed by atoms with E-state index in [1.54, 1.807) is 19.2 Å². The summed E-state index contributed by atoms with van der Waals surface area (Å²) in [6.07, 6.45) is 2.19. The third-order valence-electron chi connectivity index (χ3n) is 4.46. The molecule has 2 amide bonds. The van der Waals surface area contributed by atoms with Crippen molar-refractivity contribution >= 4 is 27.7 Å². The van der Waals surface area contributed by atoms with Gasteiger partial charge >= 0.3 is 0 Å². The minimum atomic E-state index is -0.273. The van der Waals surface area contributed by atoms with Gasteiger partial charge in [0.2, 0.25) is 0 Å². The van der Waals surface area contributed by atoms with E-state index in [2.05, 4.69) is 31.5 Å². The Kier molecular flexibility index (Phi) is 7.19. The lowest BCUT2D eigenvalue weighted by atomic mass is 10.1. The summed E-state index contributed by atoms with van der Waals surface area (Å²) in [6.45, 7) is 2.48. The Labute approximate surface area is 183 Å². The summed E-state index contributed by atoms with van der Waals surface area (Å²) >= 11 is 3.45. The standard InChI is InChI=1S/C23H22BrN3O3/c1-15-6-7-17(13-20(15)24)22(28)27-10-8-16-4-3-5-18(12-16)30-19-9-11-26-21(14-19)23(29)25-2/h3-7,9,11-14H,8,10H2,1-2H3,(H,25,29)(H,27,28). The molecule has 0 radical (unpaired) electrons. The van der Waals surface area contributed by atoms with E-state index in [4.69, 9.17) is 4.74 Å². The number of nitrogens with one attached hydrogen (secondary N) is 2. The van der Waals surface area contributed by atoms with E-state index in [0.29, 0.717) is 30.0 Å². The van der Waals surface area contributed by atoms with Gasteiger partial charge in [-0.3, -0.25) is 14.6 Å². The number of ether oxygens (including phenoxy) is 1. The molecule has 1 aromatic heterocycles. The van der Waals surface area contributed by atoms with Crippen LogP contribution in [0, 0.1) is 6.92 Å². The molecule has 0 aliphatic carbocycles. The van der Waals surface area contributed by atoms with Crippen LogP contribution in [0.4, 0.5) is 0 Å². The molecule has 2 N–H and O–H groups in total. The Bertz CT molecular complexity index is 1070. The summed E-state index contributed by atoms with van der Waals surface area (Å²) in [4.78, 5) is 28.1. The van der Waals surface area contributed by atoms with Crippen molar-refractivity contribution in [3.63, 3.8) is 0 Å². The molecule has 0 spiro atoms. The quantitative estimate of drug-likeness (QED) is 0.543. The summed E-state index contributed by atoms with van der Waals surface area (Å²) in [5.74, 6) is 0.793. The fourth-order valence-electron chi connectivity index (χ4n) is 2.78. The van der Waals surface area contributed by atoms with E-state index in [0.717, 1.165) is 15.6 Å². The lowest BCUT2D eigenvalue weighted by molar-refractivity contribution is 0.0947. The summed E-state index contributed by atoms with van der Waals surface area (Å²) in [6, 6.07) is 16.4. The van der Waals surface area contributed by atoms with Crippen molar-refractivity contribution < 1.29 is 14.3 Å². The second-order valence-corrected chi connectivity index (χ2v) is 7.53. The fraction of sp³-hybridized carbons (Fsp3) is 0.174. The molecule has 2 aromatic carbocycles. The molecule has 0 bridgehead atoms. The molecule has 0 fully saturated rings. The summed E-state index contributed by atoms with van der Waals surface area (Å²) in [7, 11) is 1.55. The Morgan fingerprint density at radius 1 is 1.03 bits per heavy atom. The van der Waals surface area contributed by atoms with Crippen molar-refractivity contribution in [3.05, 3.63) is 87.7 Å². The fourth-order valence-corrected chi connectivity index (χ4v) is 3.16. The number of carbonyl (C=O) groups is 2. The molecule has 3 rings (SSSR count). The van der Waals surface area contributed by atoms with Crippen LogP contribution in [0.15, 0.2) is 65.3 Å². The van der Waals surface area contributed by atoms with Crippen LogP contribution in [-0.4, -0.2) is 30.4 Å². The molecule has 0 saturated heterocycles. The maximum atomic E-state index is 12.3. The molecule has 6 nitrogen and oxygen atoms in total. The molecule has 0 saturated carbocycles. The molecule has 30 heavy (non-hydrogen) atoms. The number of carbonyl (C=O) groups excluding carboxylic acids is 2. The van der Waals surface area contributed by atoms with Crippen molar-refractivity contribution in [3.8, 4) is 11.5 Å². The normalized spacial score (nSPS) is 10.4. The molecular weight excluding hydrogens is 446 g/mol. The first-order chi connectivity index (χ1) is 14.5. The maximum Gasteiger partial charge on any atom is 0.269 e. The van der Waals surface area contributed by atoms with Gasteiger partial charge in [-0.25, -0.2) is 0 Å². The summed E-state index contributed by atoms with van der Waals surface area (Å²) < 4.78 is 6.78. The number of hydrogen-bond acceptors (Lipinski definition) is 4. The number of aromatic nitrogens is 1. The highest BCUT2D eigenvalue weighted by atomic mass is 79.9. The maximum absolute atomic E-state index is 12.3. The third kappa shape index (κ3) is 5.67. The monoisotopic (exact) mass is 467 g/mol. The predicted molar refractivity (Wildman–Crippen MR) is 119 cm³/mol. The number of hydrogen-bond donors (Lipinski definition) is 2. The first kappa shape index (κ1) is 21.5. The first-order valence-electron chi connectivity index (χ1n) is 9.45. The largest absolute Gasteiger partial charge is 0.457 e. The van der Waals surface area contributed by atoms with E-state index in [9.17, 15) is 9.59 Å². The average Bonchev–Trinajstić information content (AvgIpc) is 2.75. The first-order valence-corrected chi connectivity index (χ1v) is 10.2. The van der Waals surface area contributed by atoms with E-state index < -0.39 is 0 Å². The predicted octanol–water partition coefficient (Wildman–Crippen LogP) is 4.28. The lowest BCUT2D eigenvalue weighted by Gasteiger charge is -2.10. The van der Waals surface area contributed by atoms with E-state index in [-0.39, 0.29) is 17.5 Å². The zero-order valence-electron chi connectivity index (χ0n) is 16.7. The summed E-state index contributed by atoms with van der Waals surface area (Å²) in [5.41, 5.74) is 3.02. The second kappa shape index (κ2) is 10.0. The van der Waals surface area contributed by atoms with Gasteiger partial charge in [-0.1, -0.05) is 34.1 Å². The van der Waals surface area contributed by atoms with Gasteiger partial charge in [0.1, 0.15) is 17.2 Å². The number of benzene rings is 2. The van der Waals surface area contributed by atoms with Crippen molar-refractivity contribution in [1.29, 1.82) is 0 Å². The van der Waals surface area contributed by atoms with Gasteiger partial charge < -0.3 is 15.4 Å². The van der Waals surface area contributed by atoms with E-state index in [1.807, 2.05) is 49.4 Å². The highest BCUT2D eigenvalue weighted by Gasteiger charge is 2.08. The number of rotatable bonds is 7. The van der Waals surface area contributed by atoms with Gasteiger partial charge in [0.15, 0.2) is 0 Å². The number of amides is 2. The number of aryl methyl sites for hydroxylation is 1. The molecule has 7 heteroatoms. The van der Waals surface area contributed by atoms with Crippen molar-refractivity contribution in [1.82, 2.24) is 15.6 Å². The molecule has 0 unspecified atom stereocenters. The highest BCUT2D eigenvalue weighted by Crippen LogP contribution is 2.23. The molecule has 1 heterocycles. The Balaban J connectivity index is 1.58. The van der Waals surface area contributed by atoms with Crippen LogP contribution >= 0.6 is 15.9 Å². The molecule has 3 aromatic rings. The van der Waals surface area contributed by atoms with Crippen LogP contribution in [0.25, 0.3) is 0 Å². The number of pyridine rings is 1. The van der Waals surface area contributed by atoms with E-state index in [1.165, 1.54) is 6.20 Å². The Morgan fingerprint density at radius 3 is 2.60 bits per heavy atom. The molecule has 0 aliphatic rings. The van der Waals surface area contributed by atoms with Crippen LogP contribution in [0.1, 0.15) is 32.0 Å². The second-order valence-electron chi connectivity index (χ2n) is 6.68. The molecule has 0 atom stereocenters. The Morgan fingerprint density at radius 2 is 1.83 bits per heavy atom. The van der Waals surface area contributed by atoms with E-state index >= 15 is 0 Å². The van der Waals surface area contributed by atoms with Gasteiger partial charge in [-0.05, 0) is 54.8 Å². The minimum Gasteiger partial charge on any atom is -0.457 e. The molecular formula is C23H22BrN3O3. The lowest BCUT2D eigenvalue weighted by Crippen LogP contribution is -2.25. The van der Waals surface area contributed by atoms with Crippen LogP contribution in [0.2, 0.25) is 0 Å². The van der Waals surface area contributed by atoms with Crippen molar-refractivity contribution in [2.45, 2.75) is 13.3 Å². The van der Waals surface area contributed by atoms with Gasteiger partial charge in [0.25, 0.3) is 11.8 Å². The Hall–Kier alpha value is -3.19. The zero-order chi connectivity index (χ0) is 21.5. The van der Waals surface area contributed by atoms with Crippen molar-refractivity contribution in [2.24, 2.45) is 0 Å². The van der Waals surface area contributed by atoms with Crippen LogP contribution in [0.3, 0.4) is 0 Å². The topological polar surface area (TPSA) is 80.3 Å². The zero-order valence-corrected chi connectivity index (χ0v) is 18.3.